The van der Waals surface area contributed by atoms with Gasteiger partial charge in [-0.15, -0.1) is 0 Å². The fourth-order valence-electron chi connectivity index (χ4n) is 1.30. The molecule has 0 unspecified atom stereocenters. The van der Waals surface area contributed by atoms with Crippen LogP contribution in [0, 0.1) is 0 Å². The number of carbonyl (C=O) groups is 3. The molecular formula is C11H11N2O4-. The highest BCUT2D eigenvalue weighted by Crippen LogP contribution is 2.20. The van der Waals surface area contributed by atoms with Crippen LogP contribution >= 0.6 is 0 Å². The van der Waals surface area contributed by atoms with Crippen LogP contribution in [-0.4, -0.2) is 17.8 Å². The highest BCUT2D eigenvalue weighted by molar-refractivity contribution is 6.00. The molecule has 1 rings (SSSR count). The summed E-state index contributed by atoms with van der Waals surface area (Å²) in [7, 11) is 0. The van der Waals surface area contributed by atoms with Gasteiger partial charge in [0.15, 0.2) is 0 Å². The fraction of sp³-hybridized carbons (Fsp3) is 0.182. The maximum absolute atomic E-state index is 10.9. The smallest absolute Gasteiger partial charge is 0.221 e. The van der Waals surface area contributed by atoms with Gasteiger partial charge >= 0.3 is 0 Å². The van der Waals surface area contributed by atoms with E-state index in [1.807, 2.05) is 0 Å². The summed E-state index contributed by atoms with van der Waals surface area (Å²) in [6.07, 6.45) is 0. The van der Waals surface area contributed by atoms with Gasteiger partial charge in [0.2, 0.25) is 11.8 Å². The maximum atomic E-state index is 10.9. The molecule has 0 aliphatic rings. The molecule has 0 aliphatic carbocycles. The normalized spacial score (nSPS) is 9.53. The average molecular weight is 235 g/mol. The lowest BCUT2D eigenvalue weighted by Crippen LogP contribution is -2.24. The lowest BCUT2D eigenvalue weighted by molar-refractivity contribution is -0.254. The molecule has 0 aliphatic heterocycles. The predicted octanol–water partition coefficient (Wildman–Crippen LogP) is -0.0331. The van der Waals surface area contributed by atoms with Gasteiger partial charge in [0.25, 0.3) is 0 Å². The van der Waals surface area contributed by atoms with Crippen molar-refractivity contribution in [1.82, 2.24) is 0 Å². The largest absolute Gasteiger partial charge is 0.545 e. The minimum atomic E-state index is -1.40. The number of nitrogens with one attached hydrogen (secondary N) is 2. The second-order valence-electron chi connectivity index (χ2n) is 3.41. The van der Waals surface area contributed by atoms with E-state index in [0.717, 1.165) is 0 Å². The molecule has 6 nitrogen and oxygen atoms in total. The van der Waals surface area contributed by atoms with Crippen molar-refractivity contribution >= 4 is 29.2 Å². The summed E-state index contributed by atoms with van der Waals surface area (Å²) >= 11 is 0. The van der Waals surface area contributed by atoms with Crippen LogP contribution in [0.2, 0.25) is 0 Å². The Labute approximate surface area is 97.6 Å². The number of hydrogen-bond acceptors (Lipinski definition) is 4. The van der Waals surface area contributed by atoms with E-state index < -0.39 is 11.9 Å². The monoisotopic (exact) mass is 235 g/mol. The molecule has 0 saturated carbocycles. The third-order valence-electron chi connectivity index (χ3n) is 1.87. The Hall–Kier alpha value is -2.37. The van der Waals surface area contributed by atoms with Gasteiger partial charge < -0.3 is 20.5 Å². The van der Waals surface area contributed by atoms with E-state index in [1.54, 1.807) is 0 Å². The molecule has 6 heteroatoms. The quantitative estimate of drug-likeness (QED) is 0.768. The van der Waals surface area contributed by atoms with Crippen LogP contribution in [0.4, 0.5) is 11.4 Å². The molecule has 0 atom stereocenters. The maximum Gasteiger partial charge on any atom is 0.221 e. The first kappa shape index (κ1) is 12.7. The van der Waals surface area contributed by atoms with E-state index in [1.165, 1.54) is 32.0 Å². The van der Waals surface area contributed by atoms with Gasteiger partial charge in [-0.1, -0.05) is 0 Å². The number of carboxylic acid groups (broad SMARTS) is 1. The van der Waals surface area contributed by atoms with E-state index in [2.05, 4.69) is 10.6 Å². The van der Waals surface area contributed by atoms with Crippen LogP contribution in [0.5, 0.6) is 0 Å². The number of amides is 2. The molecule has 0 radical (unpaired) electrons. The first-order valence-electron chi connectivity index (χ1n) is 4.80. The Balaban J connectivity index is 3.13. The number of rotatable bonds is 3. The van der Waals surface area contributed by atoms with Gasteiger partial charge in [-0.2, -0.15) is 0 Å². The molecular weight excluding hydrogens is 224 g/mol. The molecule has 0 saturated heterocycles. The van der Waals surface area contributed by atoms with Crippen molar-refractivity contribution < 1.29 is 19.5 Å². The van der Waals surface area contributed by atoms with Crippen LogP contribution in [0.15, 0.2) is 18.2 Å². The summed E-state index contributed by atoms with van der Waals surface area (Å²) in [5, 5.41) is 15.6. The summed E-state index contributed by atoms with van der Waals surface area (Å²) < 4.78 is 0. The van der Waals surface area contributed by atoms with Crippen LogP contribution in [-0.2, 0) is 9.59 Å². The van der Waals surface area contributed by atoms with Crippen LogP contribution in [0.3, 0.4) is 0 Å². The predicted molar refractivity (Wildman–Crippen MR) is 59.4 cm³/mol. The van der Waals surface area contributed by atoms with Crippen LogP contribution in [0.25, 0.3) is 0 Å². The van der Waals surface area contributed by atoms with Crippen molar-refractivity contribution in [3.63, 3.8) is 0 Å². The Morgan fingerprint density at radius 1 is 1.06 bits per heavy atom. The zero-order valence-corrected chi connectivity index (χ0v) is 9.37. The van der Waals surface area contributed by atoms with E-state index in [9.17, 15) is 19.5 Å². The van der Waals surface area contributed by atoms with E-state index in [-0.39, 0.29) is 17.2 Å². The third kappa shape index (κ3) is 3.60. The van der Waals surface area contributed by atoms with Gasteiger partial charge in [-0.05, 0) is 18.2 Å². The van der Waals surface area contributed by atoms with Crippen molar-refractivity contribution in [1.29, 1.82) is 0 Å². The molecule has 0 heterocycles. The number of aromatic carboxylic acids is 1. The van der Waals surface area contributed by atoms with Crippen LogP contribution < -0.4 is 15.7 Å². The molecule has 2 amide bonds. The molecule has 17 heavy (non-hydrogen) atoms. The minimum absolute atomic E-state index is 0.0868. The molecule has 0 spiro atoms. The summed E-state index contributed by atoms with van der Waals surface area (Å²) in [5.41, 5.74) is 0.337. The zero-order chi connectivity index (χ0) is 13.0. The average Bonchev–Trinajstić information content (AvgIpc) is 2.15. The topological polar surface area (TPSA) is 98.3 Å². The number of benzene rings is 1. The molecule has 0 fully saturated rings. The van der Waals surface area contributed by atoms with Crippen molar-refractivity contribution in [3.8, 4) is 0 Å². The van der Waals surface area contributed by atoms with Crippen molar-refractivity contribution in [2.75, 3.05) is 10.6 Å². The summed E-state index contributed by atoms with van der Waals surface area (Å²) in [6, 6.07) is 4.03. The molecule has 2 N–H and O–H groups in total. The number of anilines is 2. The SMILES string of the molecule is CC(=O)Nc1ccc(C(=O)[O-])c(NC(C)=O)c1. The Morgan fingerprint density at radius 2 is 1.65 bits per heavy atom. The highest BCUT2D eigenvalue weighted by atomic mass is 16.4. The third-order valence-corrected chi connectivity index (χ3v) is 1.87. The summed E-state index contributed by atoms with van der Waals surface area (Å²) in [4.78, 5) is 32.5. The second-order valence-corrected chi connectivity index (χ2v) is 3.41. The van der Waals surface area contributed by atoms with E-state index >= 15 is 0 Å². The molecule has 0 bridgehead atoms. The van der Waals surface area contributed by atoms with Crippen molar-refractivity contribution in [3.05, 3.63) is 23.8 Å². The van der Waals surface area contributed by atoms with Gasteiger partial charge in [0.1, 0.15) is 0 Å². The van der Waals surface area contributed by atoms with Gasteiger partial charge in [-0.25, -0.2) is 0 Å². The van der Waals surface area contributed by atoms with Crippen LogP contribution in [0.1, 0.15) is 24.2 Å². The molecule has 0 aromatic heterocycles. The highest BCUT2D eigenvalue weighted by Gasteiger charge is 2.07. The summed E-state index contributed by atoms with van der Waals surface area (Å²) in [6.45, 7) is 2.58. The Bertz CT molecular complexity index is 482. The number of hydrogen-bond donors (Lipinski definition) is 2. The second kappa shape index (κ2) is 5.11. The van der Waals surface area contributed by atoms with Gasteiger partial charge in [0.05, 0.1) is 11.7 Å². The first-order chi connectivity index (χ1) is 7.90. The van der Waals surface area contributed by atoms with E-state index in [4.69, 9.17) is 0 Å². The minimum Gasteiger partial charge on any atom is -0.545 e. The Kier molecular flexibility index (Phi) is 3.82. The number of carbonyl (C=O) groups excluding carboxylic acids is 3. The van der Waals surface area contributed by atoms with Gasteiger partial charge in [-0.3, -0.25) is 9.59 Å². The fourth-order valence-corrected chi connectivity index (χ4v) is 1.30. The Morgan fingerprint density at radius 3 is 2.12 bits per heavy atom. The van der Waals surface area contributed by atoms with Crippen molar-refractivity contribution in [2.24, 2.45) is 0 Å². The first-order valence-corrected chi connectivity index (χ1v) is 4.80. The van der Waals surface area contributed by atoms with E-state index in [0.29, 0.717) is 5.69 Å². The lowest BCUT2D eigenvalue weighted by Gasteiger charge is -2.12. The standard InChI is InChI=1S/C11H12N2O4/c1-6(14)12-8-3-4-9(11(16)17)10(5-8)13-7(2)15/h3-5H,1-2H3,(H,12,14)(H,13,15)(H,16,17)/p-1. The number of carboxylic acids is 1. The zero-order valence-electron chi connectivity index (χ0n) is 9.37. The summed E-state index contributed by atoms with van der Waals surface area (Å²) in [5.74, 6) is -2.10. The molecule has 1 aromatic carbocycles. The molecule has 90 valence electrons. The lowest BCUT2D eigenvalue weighted by atomic mass is 10.1. The van der Waals surface area contributed by atoms with Crippen molar-refractivity contribution in [2.45, 2.75) is 13.8 Å². The van der Waals surface area contributed by atoms with Gasteiger partial charge in [0, 0.05) is 25.1 Å². The molecule has 1 aromatic rings.